The minimum Gasteiger partial charge on any atom is -0.461 e. The summed E-state index contributed by atoms with van der Waals surface area (Å²) in [6, 6.07) is 16.0. The van der Waals surface area contributed by atoms with Gasteiger partial charge in [0.05, 0.1) is 12.3 Å². The van der Waals surface area contributed by atoms with E-state index in [0.717, 1.165) is 20.1 Å². The van der Waals surface area contributed by atoms with Gasteiger partial charge in [0.1, 0.15) is 11.7 Å². The van der Waals surface area contributed by atoms with Crippen LogP contribution in [-0.2, 0) is 19.1 Å². The summed E-state index contributed by atoms with van der Waals surface area (Å²) in [5, 5.41) is 0. The zero-order valence-electron chi connectivity index (χ0n) is 17.9. The fourth-order valence-corrected chi connectivity index (χ4v) is 3.69. The number of halogens is 2. The molecule has 4 nitrogen and oxygen atoms in total. The van der Waals surface area contributed by atoms with E-state index in [9.17, 15) is 9.59 Å². The first kappa shape index (κ1) is 24.6. The Hall–Kier alpha value is -1.66. The van der Waals surface area contributed by atoms with Crippen LogP contribution in [0.15, 0.2) is 57.5 Å². The Morgan fingerprint density at radius 3 is 1.70 bits per heavy atom. The van der Waals surface area contributed by atoms with Crippen molar-refractivity contribution in [2.45, 2.75) is 58.7 Å². The van der Waals surface area contributed by atoms with Gasteiger partial charge < -0.3 is 9.47 Å². The smallest absolute Gasteiger partial charge is 0.309 e. The van der Waals surface area contributed by atoms with Crippen LogP contribution in [0, 0.1) is 5.92 Å². The van der Waals surface area contributed by atoms with Crippen LogP contribution >= 0.6 is 31.9 Å². The fraction of sp³-hybridized carbons (Fsp3) is 0.417. The van der Waals surface area contributed by atoms with Crippen molar-refractivity contribution < 1.29 is 19.1 Å². The van der Waals surface area contributed by atoms with Gasteiger partial charge in [-0.25, -0.2) is 0 Å². The molecule has 2 rings (SSSR count). The van der Waals surface area contributed by atoms with Gasteiger partial charge in [-0.2, -0.15) is 0 Å². The highest BCUT2D eigenvalue weighted by atomic mass is 79.9. The highest BCUT2D eigenvalue weighted by molar-refractivity contribution is 9.10. The highest BCUT2D eigenvalue weighted by Crippen LogP contribution is 2.32. The quantitative estimate of drug-likeness (QED) is 0.370. The number of rotatable bonds is 7. The molecule has 0 radical (unpaired) electrons. The summed E-state index contributed by atoms with van der Waals surface area (Å²) in [7, 11) is 0. The van der Waals surface area contributed by atoms with Crippen molar-refractivity contribution in [3.8, 4) is 0 Å². The summed E-state index contributed by atoms with van der Waals surface area (Å²) >= 11 is 6.93. The first-order chi connectivity index (χ1) is 14.0. The molecular formula is C24H28Br2O4. The van der Waals surface area contributed by atoms with E-state index in [4.69, 9.17) is 9.47 Å². The number of hydrogen-bond acceptors (Lipinski definition) is 4. The maximum absolute atomic E-state index is 12.7. The Balaban J connectivity index is 2.16. The molecule has 0 saturated heterocycles. The van der Waals surface area contributed by atoms with Gasteiger partial charge in [-0.1, -0.05) is 63.0 Å². The molecule has 0 N–H and O–H groups in total. The molecule has 162 valence electrons. The van der Waals surface area contributed by atoms with Crippen LogP contribution in [0.3, 0.4) is 0 Å². The lowest BCUT2D eigenvalue weighted by Crippen LogP contribution is -2.30. The molecule has 2 atom stereocenters. The number of ether oxygens (including phenoxy) is 2. The number of carbonyl (C=O) groups excluding carboxylic acids is 2. The van der Waals surface area contributed by atoms with Crippen molar-refractivity contribution in [1.29, 1.82) is 0 Å². The predicted octanol–water partition coefficient (Wildman–Crippen LogP) is 6.64. The van der Waals surface area contributed by atoms with Gasteiger partial charge in [0.25, 0.3) is 0 Å². The molecule has 0 unspecified atom stereocenters. The topological polar surface area (TPSA) is 52.6 Å². The molecule has 0 saturated carbocycles. The van der Waals surface area contributed by atoms with E-state index >= 15 is 0 Å². The van der Waals surface area contributed by atoms with Crippen molar-refractivity contribution in [1.82, 2.24) is 0 Å². The number of hydrogen-bond donors (Lipinski definition) is 0. The Bertz CT molecular complexity index is 809. The van der Waals surface area contributed by atoms with Crippen LogP contribution in [-0.4, -0.2) is 23.6 Å². The normalized spacial score (nSPS) is 13.6. The highest BCUT2D eigenvalue weighted by Gasteiger charge is 2.28. The molecule has 0 aliphatic heterocycles. The molecule has 0 fully saturated rings. The number of benzene rings is 2. The molecule has 2 aromatic rings. The van der Waals surface area contributed by atoms with Gasteiger partial charge in [-0.05, 0) is 63.1 Å². The Labute approximate surface area is 195 Å². The Morgan fingerprint density at radius 2 is 1.30 bits per heavy atom. The first-order valence-corrected chi connectivity index (χ1v) is 11.5. The van der Waals surface area contributed by atoms with Crippen molar-refractivity contribution in [3.05, 3.63) is 68.6 Å². The maximum Gasteiger partial charge on any atom is 0.309 e. The van der Waals surface area contributed by atoms with Crippen molar-refractivity contribution in [3.63, 3.8) is 0 Å². The van der Waals surface area contributed by atoms with E-state index < -0.39 is 29.6 Å². The summed E-state index contributed by atoms with van der Waals surface area (Å²) in [6.45, 7) is 8.98. The lowest BCUT2D eigenvalue weighted by molar-refractivity contribution is -0.163. The molecule has 2 aromatic carbocycles. The zero-order chi connectivity index (χ0) is 22.5. The molecule has 0 amide bonds. The lowest BCUT2D eigenvalue weighted by atomic mass is 9.87. The molecular weight excluding hydrogens is 512 g/mol. The summed E-state index contributed by atoms with van der Waals surface area (Å²) < 4.78 is 13.1. The van der Waals surface area contributed by atoms with Crippen LogP contribution < -0.4 is 0 Å². The number of carbonyl (C=O) groups is 2. The third kappa shape index (κ3) is 7.55. The van der Waals surface area contributed by atoms with E-state index in [2.05, 4.69) is 31.9 Å². The SMILES string of the molecule is C[C@H](CC(=O)OC(C)(C)C)C(=O)O[C@@H](C)C(c1ccc(Br)cc1)c1ccc(Br)cc1. The molecule has 0 aliphatic rings. The van der Waals surface area contributed by atoms with Crippen molar-refractivity contribution in [2.24, 2.45) is 5.92 Å². The van der Waals surface area contributed by atoms with Crippen molar-refractivity contribution >= 4 is 43.8 Å². The van der Waals surface area contributed by atoms with Gasteiger partial charge in [0, 0.05) is 14.9 Å². The fourth-order valence-electron chi connectivity index (χ4n) is 3.16. The van der Waals surface area contributed by atoms with Crippen LogP contribution in [0.2, 0.25) is 0 Å². The Kier molecular flexibility index (Phi) is 8.68. The van der Waals surface area contributed by atoms with E-state index in [1.807, 2.05) is 55.5 Å². The second-order valence-corrected chi connectivity index (χ2v) is 10.2. The molecule has 0 spiro atoms. The van der Waals surface area contributed by atoms with Gasteiger partial charge in [-0.15, -0.1) is 0 Å². The summed E-state index contributed by atoms with van der Waals surface area (Å²) in [4.78, 5) is 24.7. The van der Waals surface area contributed by atoms with E-state index in [1.165, 1.54) is 0 Å². The summed E-state index contributed by atoms with van der Waals surface area (Å²) in [6.07, 6.45) is -0.426. The molecule has 0 aliphatic carbocycles. The molecule has 0 bridgehead atoms. The minimum absolute atomic E-state index is 0.00986. The zero-order valence-corrected chi connectivity index (χ0v) is 21.1. The standard InChI is InChI=1S/C24H28Br2O4/c1-15(14-21(27)30-24(3,4)5)23(28)29-16(2)22(17-6-10-19(25)11-7-17)18-8-12-20(26)13-9-18/h6-13,15-16,22H,14H2,1-5H3/t15-,16+/m1/s1. The average Bonchev–Trinajstić information content (AvgIpc) is 2.63. The Morgan fingerprint density at radius 1 is 0.867 bits per heavy atom. The van der Waals surface area contributed by atoms with Gasteiger partial charge in [0.15, 0.2) is 0 Å². The van der Waals surface area contributed by atoms with Gasteiger partial charge >= 0.3 is 11.9 Å². The van der Waals surface area contributed by atoms with Gasteiger partial charge in [0.2, 0.25) is 0 Å². The van der Waals surface area contributed by atoms with Crippen LogP contribution in [0.4, 0.5) is 0 Å². The molecule has 6 heteroatoms. The van der Waals surface area contributed by atoms with E-state index in [1.54, 1.807) is 27.7 Å². The third-order valence-electron chi connectivity index (χ3n) is 4.52. The summed E-state index contributed by atoms with van der Waals surface area (Å²) in [5.74, 6) is -1.54. The molecule has 0 heterocycles. The average molecular weight is 540 g/mol. The number of esters is 2. The second kappa shape index (κ2) is 10.6. The van der Waals surface area contributed by atoms with Crippen LogP contribution in [0.25, 0.3) is 0 Å². The van der Waals surface area contributed by atoms with Crippen LogP contribution in [0.5, 0.6) is 0 Å². The van der Waals surface area contributed by atoms with Crippen LogP contribution in [0.1, 0.15) is 58.1 Å². The lowest BCUT2D eigenvalue weighted by Gasteiger charge is -2.27. The minimum atomic E-state index is -0.585. The monoisotopic (exact) mass is 538 g/mol. The van der Waals surface area contributed by atoms with E-state index in [0.29, 0.717) is 0 Å². The largest absolute Gasteiger partial charge is 0.461 e. The predicted molar refractivity (Wildman–Crippen MR) is 125 cm³/mol. The molecule has 30 heavy (non-hydrogen) atoms. The van der Waals surface area contributed by atoms with E-state index in [-0.39, 0.29) is 12.3 Å². The van der Waals surface area contributed by atoms with Crippen molar-refractivity contribution in [2.75, 3.05) is 0 Å². The maximum atomic E-state index is 12.7. The first-order valence-electron chi connectivity index (χ1n) is 9.89. The van der Waals surface area contributed by atoms with Gasteiger partial charge in [-0.3, -0.25) is 9.59 Å². The second-order valence-electron chi connectivity index (χ2n) is 8.41. The third-order valence-corrected chi connectivity index (χ3v) is 5.58. The summed E-state index contributed by atoms with van der Waals surface area (Å²) in [5.41, 5.74) is 1.50. The molecule has 0 aromatic heterocycles.